The number of hydrogen-bond donors (Lipinski definition) is 0. The summed E-state index contributed by atoms with van der Waals surface area (Å²) in [5.74, 6) is 0.118. The lowest BCUT2D eigenvalue weighted by atomic mass is 9.86. The second-order valence-electron chi connectivity index (χ2n) is 8.30. The number of rotatable bonds is 3. The molecule has 0 aromatic heterocycles. The van der Waals surface area contributed by atoms with E-state index in [9.17, 15) is 8.42 Å². The van der Waals surface area contributed by atoms with Crippen LogP contribution >= 0.6 is 0 Å². The molecule has 1 aliphatic heterocycles. The molecule has 3 nitrogen and oxygen atoms in total. The van der Waals surface area contributed by atoms with E-state index < -0.39 is 10.0 Å². The highest BCUT2D eigenvalue weighted by Crippen LogP contribution is 2.51. The van der Waals surface area contributed by atoms with Crippen LogP contribution in [0.5, 0.6) is 0 Å². The summed E-state index contributed by atoms with van der Waals surface area (Å²) < 4.78 is 29.0. The van der Waals surface area contributed by atoms with Gasteiger partial charge in [-0.2, -0.15) is 0 Å². The maximum Gasteiger partial charge on any atom is 0.264 e. The first-order chi connectivity index (χ1) is 14.5. The van der Waals surface area contributed by atoms with E-state index in [1.165, 1.54) is 22.3 Å². The van der Waals surface area contributed by atoms with Crippen LogP contribution in [-0.4, -0.2) is 19.3 Å². The van der Waals surface area contributed by atoms with Gasteiger partial charge in [-0.05, 0) is 55.5 Å². The molecule has 3 aromatic rings. The molecule has 0 bridgehead atoms. The molecular formula is C26H25NO2S. The molecule has 0 fully saturated rings. The van der Waals surface area contributed by atoms with Crippen LogP contribution in [0.4, 0.5) is 0 Å². The first-order valence-electron chi connectivity index (χ1n) is 10.4. The summed E-state index contributed by atoms with van der Waals surface area (Å²) in [6.07, 6.45) is 1.75. The van der Waals surface area contributed by atoms with Crippen LogP contribution in [0.2, 0.25) is 0 Å². The van der Waals surface area contributed by atoms with Crippen molar-refractivity contribution in [1.82, 2.24) is 4.31 Å². The summed E-state index contributed by atoms with van der Waals surface area (Å²) >= 11 is 0. The molecule has 1 aliphatic carbocycles. The standard InChI is InChI=1S/C26H25NO2S/c1-18-10-13-21(14-11-18)30(28,29)27-16-6-9-23-25(20-7-4-3-5-8-20)24-17-19(2)12-15-22(24)26(23)27/h3-5,7-8,10-15,17,25H,6,9,16H2,1-2H3. The average Bonchev–Trinajstić information content (AvgIpc) is 3.08. The molecular weight excluding hydrogens is 390 g/mol. The molecule has 0 radical (unpaired) electrons. The fraction of sp³-hybridized carbons (Fsp3) is 0.231. The first kappa shape index (κ1) is 19.1. The zero-order valence-corrected chi connectivity index (χ0v) is 18.1. The maximum absolute atomic E-state index is 13.7. The van der Waals surface area contributed by atoms with Gasteiger partial charge in [-0.1, -0.05) is 71.8 Å². The Hall–Kier alpha value is -2.85. The summed E-state index contributed by atoms with van der Waals surface area (Å²) in [4.78, 5) is 0.360. The second-order valence-corrected chi connectivity index (χ2v) is 10.2. The van der Waals surface area contributed by atoms with Gasteiger partial charge in [0.05, 0.1) is 10.6 Å². The summed E-state index contributed by atoms with van der Waals surface area (Å²) in [7, 11) is -3.62. The fourth-order valence-electron chi connectivity index (χ4n) is 4.82. The molecule has 152 valence electrons. The molecule has 0 saturated carbocycles. The number of fused-ring (bicyclic) bond motifs is 2. The zero-order valence-electron chi connectivity index (χ0n) is 17.3. The van der Waals surface area contributed by atoms with E-state index in [1.807, 2.05) is 25.1 Å². The smallest absolute Gasteiger partial charge is 0.264 e. The van der Waals surface area contributed by atoms with E-state index >= 15 is 0 Å². The lowest BCUT2D eigenvalue weighted by Gasteiger charge is -2.32. The van der Waals surface area contributed by atoms with Crippen LogP contribution in [0.3, 0.4) is 0 Å². The number of allylic oxidation sites excluding steroid dienone is 1. The van der Waals surface area contributed by atoms with Gasteiger partial charge in [-0.3, -0.25) is 4.31 Å². The van der Waals surface area contributed by atoms with Crippen molar-refractivity contribution in [2.24, 2.45) is 0 Å². The largest absolute Gasteiger partial charge is 0.266 e. The minimum Gasteiger partial charge on any atom is -0.266 e. The summed E-state index contributed by atoms with van der Waals surface area (Å²) in [6, 6.07) is 24.0. The van der Waals surface area contributed by atoms with E-state index in [-0.39, 0.29) is 5.92 Å². The molecule has 4 heteroatoms. The van der Waals surface area contributed by atoms with Crippen molar-refractivity contribution < 1.29 is 8.42 Å². The predicted octanol–water partition coefficient (Wildman–Crippen LogP) is 5.64. The van der Waals surface area contributed by atoms with Gasteiger partial charge >= 0.3 is 0 Å². The number of nitrogens with zero attached hydrogens (tertiary/aromatic N) is 1. The van der Waals surface area contributed by atoms with Gasteiger partial charge in [-0.15, -0.1) is 0 Å². The number of sulfonamides is 1. The summed E-state index contributed by atoms with van der Waals surface area (Å²) in [5, 5.41) is 0. The summed E-state index contributed by atoms with van der Waals surface area (Å²) in [6.45, 7) is 4.59. The topological polar surface area (TPSA) is 37.4 Å². The number of benzene rings is 3. The Morgan fingerprint density at radius 1 is 0.867 bits per heavy atom. The zero-order chi connectivity index (χ0) is 20.9. The van der Waals surface area contributed by atoms with Crippen LogP contribution in [0.25, 0.3) is 5.70 Å². The van der Waals surface area contributed by atoms with E-state index in [0.717, 1.165) is 29.7 Å². The lowest BCUT2D eigenvalue weighted by Crippen LogP contribution is -2.33. The SMILES string of the molecule is Cc1ccc(S(=O)(=O)N2CCCC3=C2c2ccc(C)cc2C3c2ccccc2)cc1. The molecule has 2 aliphatic rings. The molecule has 1 atom stereocenters. The highest BCUT2D eigenvalue weighted by atomic mass is 32.2. The van der Waals surface area contributed by atoms with Gasteiger partial charge in [0.1, 0.15) is 0 Å². The van der Waals surface area contributed by atoms with Crippen molar-refractivity contribution in [3.05, 3.63) is 106 Å². The maximum atomic E-state index is 13.7. The van der Waals surface area contributed by atoms with Gasteiger partial charge in [0.2, 0.25) is 0 Å². The van der Waals surface area contributed by atoms with Gasteiger partial charge in [0, 0.05) is 18.0 Å². The van der Waals surface area contributed by atoms with Crippen molar-refractivity contribution >= 4 is 15.7 Å². The van der Waals surface area contributed by atoms with Gasteiger partial charge in [0.25, 0.3) is 10.0 Å². The Morgan fingerprint density at radius 3 is 2.30 bits per heavy atom. The van der Waals surface area contributed by atoms with E-state index in [2.05, 4.69) is 49.4 Å². The van der Waals surface area contributed by atoms with Crippen LogP contribution in [0.1, 0.15) is 46.6 Å². The highest BCUT2D eigenvalue weighted by Gasteiger charge is 2.40. The Labute approximate surface area is 178 Å². The van der Waals surface area contributed by atoms with E-state index in [0.29, 0.717) is 11.4 Å². The van der Waals surface area contributed by atoms with Gasteiger partial charge in [0.15, 0.2) is 0 Å². The molecule has 3 aromatic carbocycles. The van der Waals surface area contributed by atoms with Crippen LogP contribution in [0, 0.1) is 13.8 Å². The highest BCUT2D eigenvalue weighted by molar-refractivity contribution is 7.89. The minimum atomic E-state index is -3.62. The molecule has 0 amide bonds. The van der Waals surface area contributed by atoms with Crippen molar-refractivity contribution in [2.75, 3.05) is 6.54 Å². The van der Waals surface area contributed by atoms with Crippen LogP contribution in [-0.2, 0) is 10.0 Å². The summed E-state index contributed by atoms with van der Waals surface area (Å²) in [5.41, 5.74) is 7.87. The van der Waals surface area contributed by atoms with Crippen molar-refractivity contribution in [3.8, 4) is 0 Å². The van der Waals surface area contributed by atoms with Crippen LogP contribution < -0.4 is 0 Å². The Balaban J connectivity index is 1.70. The third-order valence-corrected chi connectivity index (χ3v) is 8.04. The van der Waals surface area contributed by atoms with Crippen molar-refractivity contribution in [2.45, 2.75) is 37.5 Å². The molecule has 1 heterocycles. The van der Waals surface area contributed by atoms with Crippen LogP contribution in [0.15, 0.2) is 83.3 Å². The average molecular weight is 416 g/mol. The second kappa shape index (κ2) is 7.13. The Morgan fingerprint density at radius 2 is 1.57 bits per heavy atom. The first-order valence-corrected chi connectivity index (χ1v) is 11.9. The molecule has 0 spiro atoms. The van der Waals surface area contributed by atoms with Crippen molar-refractivity contribution in [1.29, 1.82) is 0 Å². The number of hydrogen-bond acceptors (Lipinski definition) is 2. The Kier molecular flexibility index (Phi) is 4.55. The molecule has 30 heavy (non-hydrogen) atoms. The van der Waals surface area contributed by atoms with Gasteiger partial charge in [-0.25, -0.2) is 8.42 Å². The number of aryl methyl sites for hydroxylation is 2. The predicted molar refractivity (Wildman–Crippen MR) is 121 cm³/mol. The molecule has 1 unspecified atom stereocenters. The monoisotopic (exact) mass is 415 g/mol. The molecule has 0 N–H and O–H groups in total. The molecule has 5 rings (SSSR count). The molecule has 0 saturated heterocycles. The van der Waals surface area contributed by atoms with E-state index in [1.54, 1.807) is 16.4 Å². The third kappa shape index (κ3) is 2.98. The quantitative estimate of drug-likeness (QED) is 0.555. The lowest BCUT2D eigenvalue weighted by molar-refractivity contribution is 0.483. The van der Waals surface area contributed by atoms with Gasteiger partial charge < -0.3 is 0 Å². The fourth-order valence-corrected chi connectivity index (χ4v) is 6.38. The normalized spacial score (nSPS) is 18.3. The van der Waals surface area contributed by atoms with E-state index in [4.69, 9.17) is 0 Å². The minimum absolute atomic E-state index is 0.118. The Bertz CT molecular complexity index is 1240. The third-order valence-electron chi connectivity index (χ3n) is 6.22. The van der Waals surface area contributed by atoms with Crippen molar-refractivity contribution in [3.63, 3.8) is 0 Å².